The normalized spacial score (nSPS) is 25.9. The number of hydrogen-bond acceptors (Lipinski definition) is 6. The van der Waals surface area contributed by atoms with Crippen molar-refractivity contribution in [3.05, 3.63) is 34.9 Å². The van der Waals surface area contributed by atoms with E-state index in [2.05, 4.69) is 10.2 Å². The van der Waals surface area contributed by atoms with Crippen LogP contribution < -0.4 is 11.1 Å². The highest BCUT2D eigenvalue weighted by Gasteiger charge is 2.45. The van der Waals surface area contributed by atoms with Gasteiger partial charge in [0.05, 0.1) is 11.1 Å². The maximum absolute atomic E-state index is 13.1. The first kappa shape index (κ1) is 17.8. The van der Waals surface area contributed by atoms with Crippen LogP contribution in [-0.2, 0) is 16.1 Å². The van der Waals surface area contributed by atoms with E-state index < -0.39 is 23.8 Å². The third-order valence-electron chi connectivity index (χ3n) is 5.70. The molecule has 0 aliphatic carbocycles. The standard InChI is InChI=1S/C19H22N4O4/c20-9-12-4-2-8-22(12)10-11-3-1-5-13-16(11)19(27)23(18(13)26)14-6-7-15(24)21-17(14)25/h1,3,5,12,14H,2,4,6-10,20H2,(H,21,24,25). The Morgan fingerprint density at radius 1 is 1.11 bits per heavy atom. The molecule has 0 aromatic heterocycles. The van der Waals surface area contributed by atoms with Crippen molar-refractivity contribution in [2.24, 2.45) is 5.73 Å². The number of rotatable bonds is 4. The van der Waals surface area contributed by atoms with Crippen LogP contribution in [0.2, 0.25) is 0 Å². The van der Waals surface area contributed by atoms with Gasteiger partial charge in [-0.3, -0.25) is 34.3 Å². The van der Waals surface area contributed by atoms with Crippen LogP contribution in [0, 0.1) is 0 Å². The third-order valence-corrected chi connectivity index (χ3v) is 5.70. The van der Waals surface area contributed by atoms with Crippen LogP contribution in [0.4, 0.5) is 0 Å². The van der Waals surface area contributed by atoms with E-state index in [-0.39, 0.29) is 24.8 Å². The highest BCUT2D eigenvalue weighted by molar-refractivity contribution is 6.24. The number of likely N-dealkylation sites (tertiary alicyclic amines) is 1. The number of carbonyl (C=O) groups is 4. The Balaban J connectivity index is 1.63. The number of imide groups is 2. The van der Waals surface area contributed by atoms with Crippen molar-refractivity contribution in [1.29, 1.82) is 0 Å². The lowest BCUT2D eigenvalue weighted by molar-refractivity contribution is -0.136. The minimum Gasteiger partial charge on any atom is -0.329 e. The van der Waals surface area contributed by atoms with Crippen molar-refractivity contribution in [1.82, 2.24) is 15.1 Å². The summed E-state index contributed by atoms with van der Waals surface area (Å²) in [5.74, 6) is -1.90. The molecule has 2 atom stereocenters. The molecule has 1 aromatic carbocycles. The number of nitrogens with two attached hydrogens (primary N) is 1. The number of benzene rings is 1. The molecule has 4 rings (SSSR count). The van der Waals surface area contributed by atoms with E-state index in [4.69, 9.17) is 5.73 Å². The maximum atomic E-state index is 13.1. The van der Waals surface area contributed by atoms with Crippen molar-refractivity contribution >= 4 is 23.6 Å². The molecule has 3 aliphatic heterocycles. The molecule has 0 spiro atoms. The smallest absolute Gasteiger partial charge is 0.262 e. The molecule has 0 saturated carbocycles. The van der Waals surface area contributed by atoms with Gasteiger partial charge < -0.3 is 5.73 Å². The summed E-state index contributed by atoms with van der Waals surface area (Å²) < 4.78 is 0. The molecule has 4 amide bonds. The molecule has 1 aromatic rings. The zero-order valence-electron chi connectivity index (χ0n) is 14.9. The van der Waals surface area contributed by atoms with E-state index in [1.807, 2.05) is 6.07 Å². The maximum Gasteiger partial charge on any atom is 0.262 e. The fourth-order valence-electron chi connectivity index (χ4n) is 4.31. The Labute approximate surface area is 156 Å². The lowest BCUT2D eigenvalue weighted by atomic mass is 10.0. The Morgan fingerprint density at radius 2 is 1.93 bits per heavy atom. The molecule has 3 aliphatic rings. The number of carbonyl (C=O) groups excluding carboxylic acids is 4. The predicted octanol–water partition coefficient (Wildman–Crippen LogP) is 0.0109. The highest BCUT2D eigenvalue weighted by Crippen LogP contribution is 2.31. The second kappa shape index (κ2) is 6.86. The van der Waals surface area contributed by atoms with Crippen molar-refractivity contribution < 1.29 is 19.2 Å². The molecular weight excluding hydrogens is 348 g/mol. The van der Waals surface area contributed by atoms with Crippen molar-refractivity contribution in [3.8, 4) is 0 Å². The molecule has 2 saturated heterocycles. The van der Waals surface area contributed by atoms with Crippen molar-refractivity contribution in [3.63, 3.8) is 0 Å². The average molecular weight is 370 g/mol. The number of piperidine rings is 1. The van der Waals surface area contributed by atoms with Crippen LogP contribution in [0.25, 0.3) is 0 Å². The van der Waals surface area contributed by atoms with Crippen molar-refractivity contribution in [2.45, 2.75) is 44.3 Å². The minimum atomic E-state index is -0.938. The van der Waals surface area contributed by atoms with Gasteiger partial charge in [-0.1, -0.05) is 12.1 Å². The molecule has 3 N–H and O–H groups in total. The van der Waals surface area contributed by atoms with Gasteiger partial charge in [0, 0.05) is 25.6 Å². The molecule has 142 valence electrons. The summed E-state index contributed by atoms with van der Waals surface area (Å²) in [5, 5.41) is 2.21. The Bertz CT molecular complexity index is 837. The van der Waals surface area contributed by atoms with E-state index in [0.717, 1.165) is 29.8 Å². The number of nitrogens with one attached hydrogen (secondary N) is 1. The summed E-state index contributed by atoms with van der Waals surface area (Å²) in [6, 6.07) is 4.57. The average Bonchev–Trinajstić information content (AvgIpc) is 3.19. The fraction of sp³-hybridized carbons (Fsp3) is 0.474. The zero-order valence-corrected chi connectivity index (χ0v) is 14.9. The van der Waals surface area contributed by atoms with E-state index in [1.54, 1.807) is 12.1 Å². The quantitative estimate of drug-likeness (QED) is 0.722. The fourth-order valence-corrected chi connectivity index (χ4v) is 4.31. The summed E-state index contributed by atoms with van der Waals surface area (Å²) in [5.41, 5.74) is 7.32. The molecule has 0 bridgehead atoms. The molecule has 2 unspecified atom stereocenters. The summed E-state index contributed by atoms with van der Waals surface area (Å²) in [6.45, 7) is 2.02. The molecule has 27 heavy (non-hydrogen) atoms. The largest absolute Gasteiger partial charge is 0.329 e. The molecule has 3 heterocycles. The van der Waals surface area contributed by atoms with E-state index in [9.17, 15) is 19.2 Å². The van der Waals surface area contributed by atoms with Gasteiger partial charge >= 0.3 is 0 Å². The number of amides is 4. The first-order chi connectivity index (χ1) is 13.0. The molecular formula is C19H22N4O4. The van der Waals surface area contributed by atoms with E-state index in [1.165, 1.54) is 0 Å². The summed E-state index contributed by atoms with van der Waals surface area (Å²) in [6.07, 6.45) is 2.36. The second-order valence-electron chi connectivity index (χ2n) is 7.29. The van der Waals surface area contributed by atoms with E-state index >= 15 is 0 Å². The summed E-state index contributed by atoms with van der Waals surface area (Å²) in [7, 11) is 0. The van der Waals surface area contributed by atoms with Gasteiger partial charge in [0.2, 0.25) is 11.8 Å². The Kier molecular flexibility index (Phi) is 4.53. The van der Waals surface area contributed by atoms with Crippen LogP contribution >= 0.6 is 0 Å². The van der Waals surface area contributed by atoms with Crippen LogP contribution in [0.5, 0.6) is 0 Å². The monoisotopic (exact) mass is 370 g/mol. The first-order valence-corrected chi connectivity index (χ1v) is 9.29. The van der Waals surface area contributed by atoms with Gasteiger partial charge in [0.1, 0.15) is 6.04 Å². The lowest BCUT2D eigenvalue weighted by Crippen LogP contribution is -2.54. The zero-order chi connectivity index (χ0) is 19.1. The lowest BCUT2D eigenvalue weighted by Gasteiger charge is -2.28. The molecule has 8 heteroatoms. The van der Waals surface area contributed by atoms with Gasteiger partial charge in [0.15, 0.2) is 0 Å². The molecule has 8 nitrogen and oxygen atoms in total. The van der Waals surface area contributed by atoms with E-state index in [0.29, 0.717) is 24.2 Å². The van der Waals surface area contributed by atoms with Crippen LogP contribution in [0.3, 0.4) is 0 Å². The highest BCUT2D eigenvalue weighted by atomic mass is 16.2. The topological polar surface area (TPSA) is 113 Å². The summed E-state index contributed by atoms with van der Waals surface area (Å²) in [4.78, 5) is 52.7. The number of fused-ring (bicyclic) bond motifs is 1. The molecule has 2 fully saturated rings. The van der Waals surface area contributed by atoms with Crippen LogP contribution in [-0.4, -0.2) is 58.6 Å². The van der Waals surface area contributed by atoms with Crippen LogP contribution in [0.15, 0.2) is 18.2 Å². The van der Waals surface area contributed by atoms with Crippen molar-refractivity contribution in [2.75, 3.05) is 13.1 Å². The van der Waals surface area contributed by atoms with Gasteiger partial charge in [-0.2, -0.15) is 0 Å². The van der Waals surface area contributed by atoms with Crippen LogP contribution in [0.1, 0.15) is 52.0 Å². The SMILES string of the molecule is NCC1CCCN1Cc1cccc2c1C(=O)N(C1CCC(=O)NC1=O)C2=O. The second-order valence-corrected chi connectivity index (χ2v) is 7.29. The summed E-state index contributed by atoms with van der Waals surface area (Å²) >= 11 is 0. The third kappa shape index (κ3) is 2.94. The Hall–Kier alpha value is -2.58. The van der Waals surface area contributed by atoms with Gasteiger partial charge in [-0.05, 0) is 37.4 Å². The van der Waals surface area contributed by atoms with Gasteiger partial charge in [-0.15, -0.1) is 0 Å². The first-order valence-electron chi connectivity index (χ1n) is 9.29. The van der Waals surface area contributed by atoms with Gasteiger partial charge in [0.25, 0.3) is 11.8 Å². The van der Waals surface area contributed by atoms with Gasteiger partial charge in [-0.25, -0.2) is 0 Å². The minimum absolute atomic E-state index is 0.114. The predicted molar refractivity (Wildman–Crippen MR) is 95.6 cm³/mol. The Morgan fingerprint density at radius 3 is 2.67 bits per heavy atom. The number of nitrogens with zero attached hydrogens (tertiary/aromatic N) is 2. The molecule has 0 radical (unpaired) electrons. The number of hydrogen-bond donors (Lipinski definition) is 2.